The zero-order chi connectivity index (χ0) is 66.9. The summed E-state index contributed by atoms with van der Waals surface area (Å²) in [6.07, 6.45) is 7.18. The summed E-state index contributed by atoms with van der Waals surface area (Å²) >= 11 is 0. The number of sulfone groups is 3. The minimum absolute atomic E-state index is 0.0451. The number of carbonyl (C=O) groups is 1. The lowest BCUT2D eigenvalue weighted by atomic mass is 9.96. The molecule has 3 aliphatic carbocycles. The minimum Gasteiger partial charge on any atom is -0.389 e. The van der Waals surface area contributed by atoms with Crippen molar-refractivity contribution in [2.24, 2.45) is 0 Å². The molecule has 5 N–H and O–H groups in total. The number of rotatable bonds is 16. The number of aliphatic hydroxyl groups excluding tert-OH is 1. The van der Waals surface area contributed by atoms with Gasteiger partial charge in [-0.3, -0.25) is 9.52 Å². The number of nitrogens with one attached hydrogen (secondary N) is 4. The summed E-state index contributed by atoms with van der Waals surface area (Å²) < 4.78 is 96.1. The fraction of sp³-hybridized carbons (Fsp3) is 0.216. The number of Topliss-reactive ketones (excluding diaryl/α,β-unsaturated/α-hetero) is 1. The number of aliphatic hydroxyl groups is 1. The van der Waals surface area contributed by atoms with Crippen molar-refractivity contribution in [3.63, 3.8) is 0 Å². The van der Waals surface area contributed by atoms with Crippen LogP contribution in [0.5, 0.6) is 0 Å². The van der Waals surface area contributed by atoms with Crippen LogP contribution in [0.3, 0.4) is 0 Å². The highest BCUT2D eigenvalue weighted by molar-refractivity contribution is 7.92. The predicted octanol–water partition coefficient (Wildman–Crippen LogP) is 14.3. The van der Waals surface area contributed by atoms with Gasteiger partial charge in [-0.05, 0) is 180 Å². The molecule has 95 heavy (non-hydrogen) atoms. The van der Waals surface area contributed by atoms with Crippen molar-refractivity contribution in [2.75, 3.05) is 29.7 Å². The van der Waals surface area contributed by atoms with E-state index in [0.717, 1.165) is 132 Å². The Bertz CT molecular complexity index is 5440. The van der Waals surface area contributed by atoms with Crippen LogP contribution >= 0.6 is 0 Å². The number of aromatic amines is 3. The van der Waals surface area contributed by atoms with Crippen molar-refractivity contribution in [1.29, 1.82) is 0 Å². The molecule has 21 heteroatoms. The SMILES string of the molecule is CC(=O)c1ccccc1-c1ccc2nc(C3CC3c3ccc(S(C)(=O)=O)cc3)[nH]c2c1.CC(O)c1ccccc1-c1ccc2nc(C3CC3c3ccc(S(C)(=O)=O)cc3)[nH]c2c1.CS(=O)(=O)Nc1ccccc1-c1ccc2nc(C3CC3c3ccc(S(C)(=O)=O)cc3)[nH]c2c1. The van der Waals surface area contributed by atoms with E-state index in [1.165, 1.54) is 18.8 Å². The molecule has 0 spiro atoms. The van der Waals surface area contributed by atoms with Gasteiger partial charge in [0.2, 0.25) is 10.0 Å². The Balaban J connectivity index is 0.000000129. The Kier molecular flexibility index (Phi) is 17.0. The van der Waals surface area contributed by atoms with E-state index in [0.29, 0.717) is 55.5 Å². The maximum absolute atomic E-state index is 12.0. The molecule has 0 bridgehead atoms. The summed E-state index contributed by atoms with van der Waals surface area (Å²) in [5, 5.41) is 10.1. The van der Waals surface area contributed by atoms with Crippen LogP contribution in [0.25, 0.3) is 66.5 Å². The van der Waals surface area contributed by atoms with E-state index in [9.17, 15) is 43.6 Å². The van der Waals surface area contributed by atoms with Gasteiger partial charge in [-0.15, -0.1) is 0 Å². The van der Waals surface area contributed by atoms with Crippen molar-refractivity contribution in [1.82, 2.24) is 29.9 Å². The van der Waals surface area contributed by atoms with Crippen molar-refractivity contribution in [2.45, 2.75) is 89.4 Å². The topological polar surface area (TPSA) is 272 Å². The number of H-pyrrole nitrogens is 3. The first-order chi connectivity index (χ1) is 45.2. The van der Waals surface area contributed by atoms with Crippen LogP contribution in [0.2, 0.25) is 0 Å². The zero-order valence-electron chi connectivity index (χ0n) is 52.8. The van der Waals surface area contributed by atoms with Crippen LogP contribution in [-0.4, -0.2) is 99.5 Å². The van der Waals surface area contributed by atoms with Crippen LogP contribution in [0.4, 0.5) is 5.69 Å². The summed E-state index contributed by atoms with van der Waals surface area (Å²) in [6, 6.07) is 62.3. The number of anilines is 1. The quantitative estimate of drug-likeness (QED) is 0.0564. The van der Waals surface area contributed by atoms with Gasteiger partial charge in [0.25, 0.3) is 0 Å². The van der Waals surface area contributed by atoms with Gasteiger partial charge in [-0.2, -0.15) is 0 Å². The summed E-state index contributed by atoms with van der Waals surface area (Å²) in [5.41, 5.74) is 16.6. The third-order valence-electron chi connectivity index (χ3n) is 18.0. The molecule has 484 valence electrons. The normalized spacial score (nSPS) is 18.7. The summed E-state index contributed by atoms with van der Waals surface area (Å²) in [7, 11) is -13.0. The number of nitrogens with zero attached hydrogens (tertiary/aromatic N) is 3. The monoisotopic (exact) mass is 1340 g/mol. The lowest BCUT2D eigenvalue weighted by molar-refractivity contribution is 0.101. The fourth-order valence-corrected chi connectivity index (χ4v) is 15.3. The van der Waals surface area contributed by atoms with Gasteiger partial charge < -0.3 is 20.1 Å². The molecular formula is C74H69N7O10S4. The number of sulfonamides is 1. The maximum atomic E-state index is 12.0. The molecule has 3 heterocycles. The van der Waals surface area contributed by atoms with E-state index in [4.69, 9.17) is 15.0 Å². The van der Waals surface area contributed by atoms with E-state index < -0.39 is 45.6 Å². The summed E-state index contributed by atoms with van der Waals surface area (Å²) in [6.45, 7) is 3.36. The summed E-state index contributed by atoms with van der Waals surface area (Å²) in [5.74, 6) is 4.72. The van der Waals surface area contributed by atoms with Crippen LogP contribution in [0.15, 0.2) is 215 Å². The Labute approximate surface area is 552 Å². The average Bonchev–Trinajstić information content (AvgIpc) is 1.62. The van der Waals surface area contributed by atoms with Crippen LogP contribution in [0, 0.1) is 0 Å². The molecule has 9 aromatic carbocycles. The second-order valence-corrected chi connectivity index (χ2v) is 33.0. The van der Waals surface area contributed by atoms with Gasteiger partial charge in [0, 0.05) is 47.6 Å². The summed E-state index contributed by atoms with van der Waals surface area (Å²) in [4.78, 5) is 37.7. The highest BCUT2D eigenvalue weighted by atomic mass is 32.2. The largest absolute Gasteiger partial charge is 0.389 e. The lowest BCUT2D eigenvalue weighted by Gasteiger charge is -2.11. The van der Waals surface area contributed by atoms with Gasteiger partial charge in [-0.1, -0.05) is 121 Å². The third-order valence-corrected chi connectivity index (χ3v) is 22.0. The second-order valence-electron chi connectivity index (χ2n) is 25.2. The number of carbonyl (C=O) groups excluding carboxylic acids is 1. The first-order valence-electron chi connectivity index (χ1n) is 31.0. The molecule has 0 radical (unpaired) electrons. The molecule has 7 unspecified atom stereocenters. The number of benzene rings is 9. The molecule has 3 aromatic heterocycles. The van der Waals surface area contributed by atoms with Crippen molar-refractivity contribution in [3.05, 3.63) is 245 Å². The van der Waals surface area contributed by atoms with Gasteiger partial charge in [-0.25, -0.2) is 48.6 Å². The van der Waals surface area contributed by atoms with E-state index in [1.807, 2.05) is 146 Å². The highest BCUT2D eigenvalue weighted by Gasteiger charge is 2.44. The second kappa shape index (κ2) is 25.1. The standard InChI is InChI=1S/C25H24N2O3S.C25H22N2O3S.C24H23N3O4S2/c2*1-15(28)19-5-3-4-6-20(19)17-9-12-23-24(13-17)27-25(26-23)22-14-21(22)16-7-10-18(11-8-16)31(2,29)30;1-32(28,29)17-10-7-15(8-11-17)19-14-20(19)24-25-22-12-9-16(13-23(22)26-24)18-5-3-4-6-21(18)27-33(2,30)31/h3-13,15,21-22,28H,14H2,1-2H3,(H,26,27);3-13,21-22H,14H2,1-2H3,(H,26,27);3-13,19-20,27H,14H2,1-2H3,(H,25,26). The number of para-hydroxylation sites is 1. The highest BCUT2D eigenvalue weighted by Crippen LogP contribution is 2.56. The van der Waals surface area contributed by atoms with Gasteiger partial charge in [0.05, 0.1) is 65.8 Å². The molecular weight excluding hydrogens is 1280 g/mol. The van der Waals surface area contributed by atoms with Gasteiger partial charge >= 0.3 is 0 Å². The first-order valence-corrected chi connectivity index (χ1v) is 38.6. The molecule has 7 atom stereocenters. The van der Waals surface area contributed by atoms with Crippen molar-refractivity contribution >= 4 is 84.1 Å². The van der Waals surface area contributed by atoms with Crippen LogP contribution in [0.1, 0.15) is 125 Å². The van der Waals surface area contributed by atoms with Gasteiger partial charge in [0.1, 0.15) is 17.5 Å². The molecule has 12 aromatic rings. The number of ketones is 1. The third kappa shape index (κ3) is 14.2. The lowest BCUT2D eigenvalue weighted by Crippen LogP contribution is -2.10. The maximum Gasteiger partial charge on any atom is 0.229 e. The number of fused-ring (bicyclic) bond motifs is 3. The molecule has 3 saturated carbocycles. The average molecular weight is 1340 g/mol. The first kappa shape index (κ1) is 64.3. The molecule has 0 aliphatic heterocycles. The number of aromatic nitrogens is 6. The molecule has 3 aliphatic rings. The Morgan fingerprint density at radius 3 is 1.14 bits per heavy atom. The van der Waals surface area contributed by atoms with Gasteiger partial charge in [0.15, 0.2) is 35.3 Å². The smallest absolute Gasteiger partial charge is 0.229 e. The molecule has 3 fully saturated rings. The predicted molar refractivity (Wildman–Crippen MR) is 373 cm³/mol. The molecule has 15 rings (SSSR count). The zero-order valence-corrected chi connectivity index (χ0v) is 56.1. The number of imidazole rings is 3. The fourth-order valence-electron chi connectivity index (χ4n) is 12.8. The van der Waals surface area contributed by atoms with E-state index in [-0.39, 0.29) is 11.7 Å². The van der Waals surface area contributed by atoms with E-state index in [1.54, 1.807) is 62.4 Å². The number of hydrogen-bond acceptors (Lipinski definition) is 13. The van der Waals surface area contributed by atoms with Crippen molar-refractivity contribution < 1.29 is 43.6 Å². The Morgan fingerprint density at radius 2 is 0.768 bits per heavy atom. The molecule has 17 nitrogen and oxygen atoms in total. The molecule has 0 saturated heterocycles. The van der Waals surface area contributed by atoms with E-state index in [2.05, 4.69) is 25.7 Å². The Morgan fingerprint density at radius 1 is 0.432 bits per heavy atom. The number of hydrogen-bond donors (Lipinski definition) is 5. The molecule has 0 amide bonds. The van der Waals surface area contributed by atoms with Crippen LogP contribution in [-0.2, 0) is 39.5 Å². The van der Waals surface area contributed by atoms with E-state index >= 15 is 0 Å². The van der Waals surface area contributed by atoms with Crippen molar-refractivity contribution in [3.8, 4) is 33.4 Å². The Hall–Kier alpha value is -9.38. The van der Waals surface area contributed by atoms with Crippen LogP contribution < -0.4 is 4.72 Å². The minimum atomic E-state index is -3.40.